The van der Waals surface area contributed by atoms with Gasteiger partial charge in [0.25, 0.3) is 5.91 Å². The van der Waals surface area contributed by atoms with Crippen molar-refractivity contribution < 1.29 is 19.1 Å². The molecule has 1 amide bonds. The van der Waals surface area contributed by atoms with Gasteiger partial charge < -0.3 is 19.8 Å². The van der Waals surface area contributed by atoms with E-state index in [9.17, 15) is 9.59 Å². The van der Waals surface area contributed by atoms with Crippen LogP contribution >= 0.6 is 0 Å². The Morgan fingerprint density at radius 1 is 1.18 bits per heavy atom. The fraction of sp³-hybridized carbons (Fsp3) is 0.273. The van der Waals surface area contributed by atoms with Crippen LogP contribution in [0.5, 0.6) is 5.75 Å². The van der Waals surface area contributed by atoms with Gasteiger partial charge in [-0.05, 0) is 49.6 Å². The van der Waals surface area contributed by atoms with Crippen LogP contribution in [0.4, 0.5) is 5.69 Å². The lowest BCUT2D eigenvalue weighted by molar-refractivity contribution is -0.153. The van der Waals surface area contributed by atoms with Gasteiger partial charge in [0.2, 0.25) is 0 Å². The fourth-order valence-corrected chi connectivity index (χ4v) is 3.04. The molecule has 1 heterocycles. The van der Waals surface area contributed by atoms with Crippen molar-refractivity contribution in [3.8, 4) is 5.75 Å². The van der Waals surface area contributed by atoms with Crippen molar-refractivity contribution in [2.45, 2.75) is 32.8 Å². The number of fused-ring (bicyclic) bond motifs is 1. The summed E-state index contributed by atoms with van der Waals surface area (Å²) in [5.41, 5.74) is 3.62. The minimum absolute atomic E-state index is 0.202. The first-order valence-electron chi connectivity index (χ1n) is 9.18. The van der Waals surface area contributed by atoms with E-state index in [1.807, 2.05) is 49.5 Å². The lowest BCUT2D eigenvalue weighted by Gasteiger charge is -2.15. The van der Waals surface area contributed by atoms with Crippen LogP contribution in [0, 0.1) is 6.92 Å². The summed E-state index contributed by atoms with van der Waals surface area (Å²) in [6.45, 7) is 3.48. The number of anilines is 1. The third-order valence-electron chi connectivity index (χ3n) is 4.56. The molecule has 3 rings (SSSR count). The maximum Gasteiger partial charge on any atom is 0.306 e. The lowest BCUT2D eigenvalue weighted by Crippen LogP contribution is -2.30. The molecule has 2 N–H and O–H groups in total. The first kappa shape index (κ1) is 19.5. The lowest BCUT2D eigenvalue weighted by atomic mass is 10.1. The molecular formula is C22H24N2O4. The second kappa shape index (κ2) is 8.61. The van der Waals surface area contributed by atoms with E-state index in [0.29, 0.717) is 17.9 Å². The van der Waals surface area contributed by atoms with Crippen LogP contribution in [0.2, 0.25) is 0 Å². The van der Waals surface area contributed by atoms with E-state index in [2.05, 4.69) is 10.3 Å². The molecule has 0 aliphatic heterocycles. The minimum atomic E-state index is -0.902. The van der Waals surface area contributed by atoms with Gasteiger partial charge in [0.1, 0.15) is 5.75 Å². The Kier molecular flexibility index (Phi) is 5.99. The zero-order valence-electron chi connectivity index (χ0n) is 16.2. The number of hydrogen-bond acceptors (Lipinski definition) is 4. The summed E-state index contributed by atoms with van der Waals surface area (Å²) in [5.74, 6) is -0.259. The van der Waals surface area contributed by atoms with Gasteiger partial charge in [0.05, 0.1) is 12.8 Å². The maximum atomic E-state index is 12.4. The highest BCUT2D eigenvalue weighted by atomic mass is 16.5. The topological polar surface area (TPSA) is 80.4 Å². The number of aromatic amines is 1. The van der Waals surface area contributed by atoms with Gasteiger partial charge in [0, 0.05) is 23.5 Å². The van der Waals surface area contributed by atoms with Crippen LogP contribution in [0.15, 0.2) is 48.7 Å². The first-order chi connectivity index (χ1) is 13.5. The molecule has 6 heteroatoms. The van der Waals surface area contributed by atoms with E-state index in [-0.39, 0.29) is 6.42 Å². The molecule has 28 heavy (non-hydrogen) atoms. The van der Waals surface area contributed by atoms with Crippen LogP contribution in [0.1, 0.15) is 24.5 Å². The number of rotatable bonds is 7. The molecule has 0 saturated heterocycles. The van der Waals surface area contributed by atoms with Crippen molar-refractivity contribution in [1.82, 2.24) is 4.98 Å². The summed E-state index contributed by atoms with van der Waals surface area (Å²) in [6.07, 6.45) is 1.74. The molecule has 1 unspecified atom stereocenters. The third kappa shape index (κ3) is 4.52. The number of carbonyl (C=O) groups is 2. The molecule has 6 nitrogen and oxygen atoms in total. The highest BCUT2D eigenvalue weighted by molar-refractivity contribution is 5.96. The van der Waals surface area contributed by atoms with Crippen LogP contribution in [0.3, 0.4) is 0 Å². The Hall–Kier alpha value is -3.28. The van der Waals surface area contributed by atoms with E-state index in [1.54, 1.807) is 13.0 Å². The van der Waals surface area contributed by atoms with Crippen molar-refractivity contribution in [3.05, 3.63) is 59.8 Å². The first-order valence-corrected chi connectivity index (χ1v) is 9.18. The summed E-state index contributed by atoms with van der Waals surface area (Å²) < 4.78 is 10.5. The van der Waals surface area contributed by atoms with Crippen molar-refractivity contribution in [2.75, 3.05) is 12.4 Å². The van der Waals surface area contributed by atoms with E-state index in [4.69, 9.17) is 9.47 Å². The smallest absolute Gasteiger partial charge is 0.306 e. The molecular weight excluding hydrogens is 356 g/mol. The van der Waals surface area contributed by atoms with Crippen LogP contribution in [-0.4, -0.2) is 30.1 Å². The maximum absolute atomic E-state index is 12.4. The quantitative estimate of drug-likeness (QED) is 0.608. The molecule has 1 atom stereocenters. The van der Waals surface area contributed by atoms with Gasteiger partial charge in [-0.3, -0.25) is 9.59 Å². The second-order valence-electron chi connectivity index (χ2n) is 6.68. The van der Waals surface area contributed by atoms with E-state index in [1.165, 1.54) is 7.11 Å². The van der Waals surface area contributed by atoms with Crippen molar-refractivity contribution in [2.24, 2.45) is 0 Å². The van der Waals surface area contributed by atoms with Gasteiger partial charge in [-0.2, -0.15) is 0 Å². The highest BCUT2D eigenvalue weighted by Crippen LogP contribution is 2.25. The molecule has 0 spiro atoms. The zero-order chi connectivity index (χ0) is 20.1. The van der Waals surface area contributed by atoms with Gasteiger partial charge in [-0.25, -0.2) is 0 Å². The minimum Gasteiger partial charge on any atom is -0.495 e. The Balaban J connectivity index is 1.55. The number of methoxy groups -OCH3 is 1. The number of aromatic nitrogens is 1. The van der Waals surface area contributed by atoms with Crippen molar-refractivity contribution >= 4 is 28.5 Å². The molecule has 2 aromatic carbocycles. The Morgan fingerprint density at radius 3 is 2.75 bits per heavy atom. The summed E-state index contributed by atoms with van der Waals surface area (Å²) in [5, 5.41) is 3.85. The number of aryl methyl sites for hydroxylation is 2. The van der Waals surface area contributed by atoms with E-state index < -0.39 is 18.0 Å². The summed E-state index contributed by atoms with van der Waals surface area (Å²) >= 11 is 0. The SMILES string of the molecule is COc1ccc(C)cc1NC(=O)C(C)OC(=O)CCc1c[nH]c2ccccc12. The predicted molar refractivity (Wildman–Crippen MR) is 109 cm³/mol. The Bertz CT molecular complexity index is 993. The van der Waals surface area contributed by atoms with Crippen LogP contribution in [0.25, 0.3) is 10.9 Å². The molecule has 3 aromatic rings. The molecule has 1 aromatic heterocycles. The number of esters is 1. The van der Waals surface area contributed by atoms with E-state index >= 15 is 0 Å². The summed E-state index contributed by atoms with van der Waals surface area (Å²) in [7, 11) is 1.54. The van der Waals surface area contributed by atoms with Crippen molar-refractivity contribution in [3.63, 3.8) is 0 Å². The average Bonchev–Trinajstić information content (AvgIpc) is 3.09. The number of hydrogen-bond donors (Lipinski definition) is 2. The number of amides is 1. The molecule has 0 bridgehead atoms. The fourth-order valence-electron chi connectivity index (χ4n) is 3.04. The summed E-state index contributed by atoms with van der Waals surface area (Å²) in [6, 6.07) is 13.4. The van der Waals surface area contributed by atoms with Gasteiger partial charge in [0.15, 0.2) is 6.10 Å². The average molecular weight is 380 g/mol. The highest BCUT2D eigenvalue weighted by Gasteiger charge is 2.19. The number of para-hydroxylation sites is 1. The van der Waals surface area contributed by atoms with Gasteiger partial charge >= 0.3 is 5.97 Å². The number of ether oxygens (including phenoxy) is 2. The molecule has 146 valence electrons. The number of benzene rings is 2. The van der Waals surface area contributed by atoms with Crippen LogP contribution in [-0.2, 0) is 20.7 Å². The predicted octanol–water partition coefficient (Wildman–Crippen LogP) is 3.99. The van der Waals surface area contributed by atoms with Gasteiger partial charge in [-0.1, -0.05) is 24.3 Å². The Morgan fingerprint density at radius 2 is 1.96 bits per heavy atom. The molecule has 0 aliphatic rings. The van der Waals surface area contributed by atoms with E-state index in [0.717, 1.165) is 22.0 Å². The monoisotopic (exact) mass is 380 g/mol. The summed E-state index contributed by atoms with van der Waals surface area (Å²) in [4.78, 5) is 27.8. The standard InChI is InChI=1S/C22H24N2O4/c1-14-8-10-20(27-3)19(12-14)24-22(26)15(2)28-21(25)11-9-16-13-23-18-7-5-4-6-17(16)18/h4-8,10,12-13,15,23H,9,11H2,1-3H3,(H,24,26). The molecule has 0 radical (unpaired) electrons. The number of nitrogens with one attached hydrogen (secondary N) is 2. The third-order valence-corrected chi connectivity index (χ3v) is 4.56. The Labute approximate surface area is 163 Å². The number of H-pyrrole nitrogens is 1. The van der Waals surface area contributed by atoms with Gasteiger partial charge in [-0.15, -0.1) is 0 Å². The molecule has 0 saturated carbocycles. The number of carbonyl (C=O) groups excluding carboxylic acids is 2. The normalized spacial score (nSPS) is 11.8. The largest absolute Gasteiger partial charge is 0.495 e. The second-order valence-corrected chi connectivity index (χ2v) is 6.68. The van der Waals surface area contributed by atoms with Crippen molar-refractivity contribution in [1.29, 1.82) is 0 Å². The van der Waals surface area contributed by atoms with Crippen LogP contribution < -0.4 is 10.1 Å². The molecule has 0 aliphatic carbocycles. The zero-order valence-corrected chi connectivity index (χ0v) is 16.2. The molecule has 0 fully saturated rings.